The van der Waals surface area contributed by atoms with E-state index in [-0.39, 0.29) is 6.04 Å². The van der Waals surface area contributed by atoms with Crippen molar-refractivity contribution in [2.24, 2.45) is 12.8 Å². The van der Waals surface area contributed by atoms with Crippen LogP contribution in [-0.4, -0.2) is 9.55 Å². The normalized spacial score (nSPS) is 12.5. The summed E-state index contributed by atoms with van der Waals surface area (Å²) in [5.41, 5.74) is 8.14. The van der Waals surface area contributed by atoms with Crippen LogP contribution in [0.4, 0.5) is 0 Å². The minimum absolute atomic E-state index is 0.0730. The molecule has 0 spiro atoms. The molecule has 0 aliphatic rings. The van der Waals surface area contributed by atoms with Crippen LogP contribution in [0.25, 0.3) is 10.8 Å². The number of nitrogens with two attached hydrogens (primary N) is 1. The lowest BCUT2D eigenvalue weighted by Gasteiger charge is -2.16. The Labute approximate surface area is 124 Å². The molecule has 0 amide bonds. The lowest BCUT2D eigenvalue weighted by atomic mass is 10.0. The quantitative estimate of drug-likeness (QED) is 0.799. The van der Waals surface area contributed by atoms with Crippen molar-refractivity contribution in [1.29, 1.82) is 0 Å². The van der Waals surface area contributed by atoms with Gasteiger partial charge in [-0.2, -0.15) is 0 Å². The van der Waals surface area contributed by atoms with Gasteiger partial charge in [-0.25, -0.2) is 4.98 Å². The van der Waals surface area contributed by atoms with Crippen LogP contribution in [0.15, 0.2) is 48.9 Å². The maximum atomic E-state index is 6.10. The Kier molecular flexibility index (Phi) is 3.62. The number of aromatic nitrogens is 2. The van der Waals surface area contributed by atoms with Crippen LogP contribution in [0.2, 0.25) is 0 Å². The highest BCUT2D eigenvalue weighted by atomic mass is 16.5. The molecule has 0 aliphatic heterocycles. The first kappa shape index (κ1) is 13.6. The van der Waals surface area contributed by atoms with Crippen LogP contribution in [0.5, 0.6) is 5.75 Å². The molecule has 108 valence electrons. The van der Waals surface area contributed by atoms with E-state index in [4.69, 9.17) is 10.5 Å². The second kappa shape index (κ2) is 5.58. The number of ether oxygens (including phenoxy) is 1. The largest absolute Gasteiger partial charge is 0.486 e. The molecule has 4 nitrogen and oxygen atoms in total. The lowest BCUT2D eigenvalue weighted by molar-refractivity contribution is 0.296. The number of imidazole rings is 1. The van der Waals surface area contributed by atoms with E-state index in [2.05, 4.69) is 23.2 Å². The summed E-state index contributed by atoms with van der Waals surface area (Å²) in [5.74, 6) is 0.865. The molecule has 0 bridgehead atoms. The first-order chi connectivity index (χ1) is 10.2. The number of hydrogen-bond donors (Lipinski definition) is 1. The standard InChI is InChI=1S/C17H19N3O/c1-12(18)15-8-7-13-5-3-4-6-16(13)17(15)21-10-14-9-19-11-20(14)2/h3-9,11-12H,10,18H2,1-2H3. The third-order valence-electron chi connectivity index (χ3n) is 3.68. The third-order valence-corrected chi connectivity index (χ3v) is 3.68. The molecule has 1 aromatic heterocycles. The molecule has 1 atom stereocenters. The van der Waals surface area contributed by atoms with Gasteiger partial charge >= 0.3 is 0 Å². The van der Waals surface area contributed by atoms with E-state index in [0.29, 0.717) is 6.61 Å². The van der Waals surface area contributed by atoms with E-state index in [1.165, 1.54) is 0 Å². The average molecular weight is 281 g/mol. The Morgan fingerprint density at radius 2 is 2.05 bits per heavy atom. The van der Waals surface area contributed by atoms with E-state index in [1.54, 1.807) is 6.33 Å². The Hall–Kier alpha value is -2.33. The van der Waals surface area contributed by atoms with Gasteiger partial charge in [0.25, 0.3) is 0 Å². The van der Waals surface area contributed by atoms with Crippen molar-refractivity contribution < 1.29 is 4.74 Å². The molecule has 0 aliphatic carbocycles. The second-order valence-electron chi connectivity index (χ2n) is 5.28. The summed E-state index contributed by atoms with van der Waals surface area (Å²) in [5, 5.41) is 2.25. The fourth-order valence-corrected chi connectivity index (χ4v) is 2.45. The highest BCUT2D eigenvalue weighted by molar-refractivity contribution is 5.89. The van der Waals surface area contributed by atoms with Crippen molar-refractivity contribution in [2.45, 2.75) is 19.6 Å². The van der Waals surface area contributed by atoms with Crippen LogP contribution in [0.1, 0.15) is 24.2 Å². The maximum absolute atomic E-state index is 6.10. The van der Waals surface area contributed by atoms with Crippen LogP contribution < -0.4 is 10.5 Å². The van der Waals surface area contributed by atoms with E-state index in [9.17, 15) is 0 Å². The molecule has 21 heavy (non-hydrogen) atoms. The van der Waals surface area contributed by atoms with E-state index in [0.717, 1.165) is 27.8 Å². The number of rotatable bonds is 4. The molecule has 2 aromatic carbocycles. The van der Waals surface area contributed by atoms with Crippen LogP contribution in [0.3, 0.4) is 0 Å². The van der Waals surface area contributed by atoms with Gasteiger partial charge in [-0.1, -0.05) is 36.4 Å². The Morgan fingerprint density at radius 1 is 1.24 bits per heavy atom. The zero-order chi connectivity index (χ0) is 14.8. The monoisotopic (exact) mass is 281 g/mol. The van der Waals surface area contributed by atoms with Crippen LogP contribution in [-0.2, 0) is 13.7 Å². The van der Waals surface area contributed by atoms with E-state index < -0.39 is 0 Å². The minimum Gasteiger partial charge on any atom is -0.486 e. The molecule has 0 saturated carbocycles. The molecule has 2 N–H and O–H groups in total. The van der Waals surface area contributed by atoms with Gasteiger partial charge in [0.15, 0.2) is 0 Å². The molecule has 4 heteroatoms. The minimum atomic E-state index is -0.0730. The molecule has 0 radical (unpaired) electrons. The first-order valence-corrected chi connectivity index (χ1v) is 7.02. The lowest BCUT2D eigenvalue weighted by Crippen LogP contribution is -2.09. The van der Waals surface area contributed by atoms with Crippen molar-refractivity contribution in [1.82, 2.24) is 9.55 Å². The predicted octanol–water partition coefficient (Wildman–Crippen LogP) is 3.17. The molecular formula is C17H19N3O. The smallest absolute Gasteiger partial charge is 0.132 e. The van der Waals surface area contributed by atoms with Gasteiger partial charge in [-0.15, -0.1) is 0 Å². The summed E-state index contributed by atoms with van der Waals surface area (Å²) >= 11 is 0. The number of nitrogens with zero attached hydrogens (tertiary/aromatic N) is 2. The fourth-order valence-electron chi connectivity index (χ4n) is 2.45. The van der Waals surface area contributed by atoms with Gasteiger partial charge in [0, 0.05) is 24.0 Å². The molecular weight excluding hydrogens is 262 g/mol. The second-order valence-corrected chi connectivity index (χ2v) is 5.28. The van der Waals surface area contributed by atoms with Crippen LogP contribution >= 0.6 is 0 Å². The Bertz CT molecular complexity index is 762. The molecule has 0 fully saturated rings. The summed E-state index contributed by atoms with van der Waals surface area (Å²) in [6.45, 7) is 2.45. The molecule has 0 saturated heterocycles. The molecule has 3 rings (SSSR count). The van der Waals surface area contributed by atoms with Gasteiger partial charge in [0.05, 0.1) is 18.2 Å². The molecule has 1 heterocycles. The summed E-state index contributed by atoms with van der Waals surface area (Å²) in [7, 11) is 1.96. The number of fused-ring (bicyclic) bond motifs is 1. The third kappa shape index (κ3) is 2.62. The summed E-state index contributed by atoms with van der Waals surface area (Å²) < 4.78 is 8.05. The number of aryl methyl sites for hydroxylation is 1. The van der Waals surface area contributed by atoms with Gasteiger partial charge in [0.1, 0.15) is 12.4 Å². The van der Waals surface area contributed by atoms with Crippen molar-refractivity contribution in [3.8, 4) is 5.75 Å². The van der Waals surface area contributed by atoms with Crippen molar-refractivity contribution in [2.75, 3.05) is 0 Å². The molecule has 1 unspecified atom stereocenters. The SMILES string of the molecule is CC(N)c1ccc2ccccc2c1OCc1cncn1C. The molecule has 3 aromatic rings. The zero-order valence-corrected chi connectivity index (χ0v) is 12.3. The summed E-state index contributed by atoms with van der Waals surface area (Å²) in [4.78, 5) is 4.11. The van der Waals surface area contributed by atoms with Gasteiger partial charge in [-0.05, 0) is 12.3 Å². The van der Waals surface area contributed by atoms with Crippen molar-refractivity contribution >= 4 is 10.8 Å². The summed E-state index contributed by atoms with van der Waals surface area (Å²) in [6, 6.07) is 12.3. The summed E-state index contributed by atoms with van der Waals surface area (Å²) in [6.07, 6.45) is 3.59. The van der Waals surface area contributed by atoms with Crippen molar-refractivity contribution in [3.63, 3.8) is 0 Å². The van der Waals surface area contributed by atoms with E-state index in [1.807, 2.05) is 42.9 Å². The van der Waals surface area contributed by atoms with Gasteiger partial charge in [-0.3, -0.25) is 0 Å². The van der Waals surface area contributed by atoms with Crippen LogP contribution in [0, 0.1) is 0 Å². The van der Waals surface area contributed by atoms with Gasteiger partial charge < -0.3 is 15.0 Å². The highest BCUT2D eigenvalue weighted by Gasteiger charge is 2.13. The fraction of sp³-hybridized carbons (Fsp3) is 0.235. The zero-order valence-electron chi connectivity index (χ0n) is 12.3. The Balaban J connectivity index is 2.02. The maximum Gasteiger partial charge on any atom is 0.132 e. The first-order valence-electron chi connectivity index (χ1n) is 7.02. The topological polar surface area (TPSA) is 53.1 Å². The van der Waals surface area contributed by atoms with Gasteiger partial charge in [0.2, 0.25) is 0 Å². The predicted molar refractivity (Wildman–Crippen MR) is 84.1 cm³/mol. The highest BCUT2D eigenvalue weighted by Crippen LogP contribution is 2.33. The average Bonchev–Trinajstić information content (AvgIpc) is 2.89. The Morgan fingerprint density at radius 3 is 2.76 bits per heavy atom. The van der Waals surface area contributed by atoms with Crippen molar-refractivity contribution in [3.05, 3.63) is 60.2 Å². The number of benzene rings is 2. The van der Waals surface area contributed by atoms with E-state index >= 15 is 0 Å². The number of hydrogen-bond acceptors (Lipinski definition) is 3.